The summed E-state index contributed by atoms with van der Waals surface area (Å²) in [5.41, 5.74) is 4.09. The summed E-state index contributed by atoms with van der Waals surface area (Å²) in [5.74, 6) is -0.0507. The lowest BCUT2D eigenvalue weighted by Gasteiger charge is -2.19. The van der Waals surface area contributed by atoms with Gasteiger partial charge in [0.25, 0.3) is 11.8 Å². The maximum absolute atomic E-state index is 12.5. The first kappa shape index (κ1) is 20.6. The van der Waals surface area contributed by atoms with Crippen molar-refractivity contribution >= 4 is 11.8 Å². The third kappa shape index (κ3) is 6.22. The van der Waals surface area contributed by atoms with E-state index in [0.29, 0.717) is 12.1 Å². The van der Waals surface area contributed by atoms with E-state index in [1.807, 2.05) is 31.3 Å². The number of nitrogens with one attached hydrogen (secondary N) is 3. The summed E-state index contributed by atoms with van der Waals surface area (Å²) < 4.78 is 0. The van der Waals surface area contributed by atoms with Crippen LogP contribution in [0.3, 0.4) is 0 Å². The Kier molecular flexibility index (Phi) is 7.55. The van der Waals surface area contributed by atoms with Gasteiger partial charge in [0.15, 0.2) is 6.54 Å². The molecule has 0 saturated heterocycles. The number of carbonyl (C=O) groups is 2. The normalized spacial score (nSPS) is 12.9. The number of aryl methyl sites for hydroxylation is 1. The van der Waals surface area contributed by atoms with Gasteiger partial charge in [0.05, 0.1) is 13.1 Å². The third-order valence-electron chi connectivity index (χ3n) is 4.63. The monoisotopic (exact) mass is 368 g/mol. The second kappa shape index (κ2) is 9.88. The van der Waals surface area contributed by atoms with E-state index in [1.165, 1.54) is 5.56 Å². The average Bonchev–Trinajstić information content (AvgIpc) is 2.66. The lowest BCUT2D eigenvalue weighted by atomic mass is 10.0. The SMILES string of the molecule is CC[C@H](NC(=O)C[NH+](C)Cc1ccc(C(=O)NC)cc1)c1ccc(C)cc1. The van der Waals surface area contributed by atoms with Gasteiger partial charge in [-0.25, -0.2) is 0 Å². The van der Waals surface area contributed by atoms with Crippen LogP contribution in [0.15, 0.2) is 48.5 Å². The molecule has 0 aromatic heterocycles. The largest absolute Gasteiger partial charge is 0.355 e. The maximum Gasteiger partial charge on any atom is 0.275 e. The molecule has 3 N–H and O–H groups in total. The van der Waals surface area contributed by atoms with Crippen LogP contribution < -0.4 is 15.5 Å². The van der Waals surface area contributed by atoms with Gasteiger partial charge in [-0.15, -0.1) is 0 Å². The lowest BCUT2D eigenvalue weighted by Crippen LogP contribution is -3.08. The number of benzene rings is 2. The van der Waals surface area contributed by atoms with Crippen molar-refractivity contribution in [3.05, 3.63) is 70.8 Å². The predicted molar refractivity (Wildman–Crippen MR) is 108 cm³/mol. The first-order valence-electron chi connectivity index (χ1n) is 9.41. The molecule has 1 unspecified atom stereocenters. The fourth-order valence-corrected chi connectivity index (χ4v) is 3.07. The Bertz CT molecular complexity index is 754. The van der Waals surface area contributed by atoms with E-state index in [-0.39, 0.29) is 17.9 Å². The highest BCUT2D eigenvalue weighted by molar-refractivity contribution is 5.93. The predicted octanol–water partition coefficient (Wildman–Crippen LogP) is 1.64. The fourth-order valence-electron chi connectivity index (χ4n) is 3.07. The van der Waals surface area contributed by atoms with Crippen LogP contribution >= 0.6 is 0 Å². The molecule has 0 heterocycles. The van der Waals surface area contributed by atoms with Crippen LogP contribution in [0.5, 0.6) is 0 Å². The molecule has 0 spiro atoms. The highest BCUT2D eigenvalue weighted by Gasteiger charge is 2.16. The van der Waals surface area contributed by atoms with Crippen LogP contribution in [0.25, 0.3) is 0 Å². The number of quaternary nitrogens is 1. The van der Waals surface area contributed by atoms with E-state index in [2.05, 4.69) is 48.7 Å². The van der Waals surface area contributed by atoms with Crippen molar-refractivity contribution in [2.45, 2.75) is 32.9 Å². The molecular formula is C22H30N3O2+. The summed E-state index contributed by atoms with van der Waals surface area (Å²) in [6.45, 7) is 5.26. The minimum absolute atomic E-state index is 0.0396. The highest BCUT2D eigenvalue weighted by Crippen LogP contribution is 2.16. The lowest BCUT2D eigenvalue weighted by molar-refractivity contribution is -0.885. The Balaban J connectivity index is 1.88. The third-order valence-corrected chi connectivity index (χ3v) is 4.63. The fraction of sp³-hybridized carbons (Fsp3) is 0.364. The van der Waals surface area contributed by atoms with E-state index in [4.69, 9.17) is 0 Å². The van der Waals surface area contributed by atoms with Crippen LogP contribution in [-0.2, 0) is 11.3 Å². The summed E-state index contributed by atoms with van der Waals surface area (Å²) in [6.07, 6.45) is 0.856. The van der Waals surface area contributed by atoms with Gasteiger partial charge >= 0.3 is 0 Å². The van der Waals surface area contributed by atoms with Gasteiger partial charge < -0.3 is 15.5 Å². The van der Waals surface area contributed by atoms with Crippen LogP contribution in [0, 0.1) is 6.92 Å². The molecule has 144 valence electrons. The summed E-state index contributed by atoms with van der Waals surface area (Å²) in [4.78, 5) is 25.1. The van der Waals surface area contributed by atoms with E-state index >= 15 is 0 Å². The smallest absolute Gasteiger partial charge is 0.275 e. The zero-order valence-corrected chi connectivity index (χ0v) is 16.6. The molecule has 5 nitrogen and oxygen atoms in total. The molecule has 0 saturated carbocycles. The zero-order valence-electron chi connectivity index (χ0n) is 16.6. The number of amides is 2. The molecule has 2 aromatic rings. The van der Waals surface area contributed by atoms with Crippen molar-refractivity contribution < 1.29 is 14.5 Å². The average molecular weight is 369 g/mol. The Labute approximate surface area is 161 Å². The van der Waals surface area contributed by atoms with Crippen LogP contribution in [-0.4, -0.2) is 32.5 Å². The molecular weight excluding hydrogens is 338 g/mol. The summed E-state index contributed by atoms with van der Waals surface area (Å²) in [7, 11) is 3.62. The van der Waals surface area contributed by atoms with Gasteiger partial charge in [-0.05, 0) is 31.0 Å². The van der Waals surface area contributed by atoms with Gasteiger partial charge in [-0.3, -0.25) is 9.59 Å². The molecule has 0 aliphatic rings. The highest BCUT2D eigenvalue weighted by atomic mass is 16.2. The van der Waals surface area contributed by atoms with Crippen molar-refractivity contribution in [3.8, 4) is 0 Å². The Hall–Kier alpha value is -2.66. The first-order valence-corrected chi connectivity index (χ1v) is 9.41. The second-order valence-corrected chi connectivity index (χ2v) is 7.03. The van der Waals surface area contributed by atoms with Crippen molar-refractivity contribution in [1.82, 2.24) is 10.6 Å². The molecule has 0 aliphatic heterocycles. The van der Waals surface area contributed by atoms with Crippen LogP contribution in [0.4, 0.5) is 0 Å². The molecule has 2 amide bonds. The van der Waals surface area contributed by atoms with Gasteiger partial charge in [0.1, 0.15) is 6.54 Å². The van der Waals surface area contributed by atoms with Gasteiger partial charge in [-0.1, -0.05) is 48.9 Å². The summed E-state index contributed by atoms with van der Waals surface area (Å²) >= 11 is 0. The van der Waals surface area contributed by atoms with Crippen molar-refractivity contribution in [2.24, 2.45) is 0 Å². The zero-order chi connectivity index (χ0) is 19.8. The molecule has 0 fully saturated rings. The summed E-state index contributed by atoms with van der Waals surface area (Å²) in [5, 5.41) is 5.75. The molecule has 27 heavy (non-hydrogen) atoms. The van der Waals surface area contributed by atoms with Crippen LogP contribution in [0.1, 0.15) is 46.4 Å². The molecule has 5 heteroatoms. The molecule has 2 atom stereocenters. The van der Waals surface area contributed by atoms with Crippen molar-refractivity contribution in [1.29, 1.82) is 0 Å². The standard InChI is InChI=1S/C22H29N3O2/c1-5-20(18-10-6-16(2)7-11-18)24-21(26)15-25(4)14-17-8-12-19(13-9-17)22(27)23-3/h6-13,20H,5,14-15H2,1-4H3,(H,23,27)(H,24,26)/p+1/t20-/m0/s1. The number of hydrogen-bond donors (Lipinski definition) is 3. The van der Waals surface area contributed by atoms with E-state index in [1.54, 1.807) is 7.05 Å². The quantitative estimate of drug-likeness (QED) is 0.663. The second-order valence-electron chi connectivity index (χ2n) is 7.03. The molecule has 0 radical (unpaired) electrons. The van der Waals surface area contributed by atoms with E-state index in [0.717, 1.165) is 29.0 Å². The maximum atomic E-state index is 12.5. The minimum Gasteiger partial charge on any atom is -0.355 e. The van der Waals surface area contributed by atoms with Gasteiger partial charge in [0.2, 0.25) is 0 Å². The Morgan fingerprint density at radius 3 is 2.22 bits per heavy atom. The summed E-state index contributed by atoms with van der Waals surface area (Å²) in [6, 6.07) is 15.8. The molecule has 2 rings (SSSR count). The Morgan fingerprint density at radius 1 is 1.04 bits per heavy atom. The van der Waals surface area contributed by atoms with Crippen molar-refractivity contribution in [3.63, 3.8) is 0 Å². The number of hydrogen-bond acceptors (Lipinski definition) is 2. The molecule has 0 bridgehead atoms. The number of likely N-dealkylation sites (N-methyl/N-ethyl adjacent to an activating group) is 1. The van der Waals surface area contributed by atoms with Crippen LogP contribution in [0.2, 0.25) is 0 Å². The number of rotatable bonds is 8. The Morgan fingerprint density at radius 2 is 1.67 bits per heavy atom. The first-order chi connectivity index (χ1) is 12.9. The van der Waals surface area contributed by atoms with E-state index in [9.17, 15) is 9.59 Å². The minimum atomic E-state index is -0.0941. The van der Waals surface area contributed by atoms with Crippen molar-refractivity contribution in [2.75, 3.05) is 20.6 Å². The topological polar surface area (TPSA) is 62.6 Å². The molecule has 0 aliphatic carbocycles. The number of carbonyl (C=O) groups excluding carboxylic acids is 2. The van der Waals surface area contributed by atoms with Gasteiger partial charge in [-0.2, -0.15) is 0 Å². The molecule has 2 aromatic carbocycles. The van der Waals surface area contributed by atoms with E-state index < -0.39 is 0 Å². The van der Waals surface area contributed by atoms with Gasteiger partial charge in [0, 0.05) is 18.2 Å².